The zero-order chi connectivity index (χ0) is 15.2. The molecule has 0 heterocycles. The summed E-state index contributed by atoms with van der Waals surface area (Å²) in [6, 6.07) is 6.30. The maximum atomic E-state index is 13.4. The molecule has 1 aromatic carbocycles. The Balaban J connectivity index is 2.38. The molecule has 0 saturated carbocycles. The molecule has 0 aliphatic heterocycles. The number of amides is 1. The van der Waals surface area contributed by atoms with Crippen molar-refractivity contribution in [2.24, 2.45) is 11.1 Å². The number of sulfonamides is 1. The van der Waals surface area contributed by atoms with Crippen molar-refractivity contribution in [3.8, 4) is 0 Å². The summed E-state index contributed by atoms with van der Waals surface area (Å²) in [5.41, 5.74) is 0.486. The summed E-state index contributed by atoms with van der Waals surface area (Å²) < 4.78 is 34.9. The van der Waals surface area contributed by atoms with Crippen LogP contribution in [0.4, 0.5) is 4.39 Å². The Hall–Kier alpha value is -1.47. The fourth-order valence-electron chi connectivity index (χ4n) is 1.75. The lowest BCUT2D eigenvalue weighted by molar-refractivity contribution is -0.124. The van der Waals surface area contributed by atoms with Crippen LogP contribution in [-0.2, 0) is 21.2 Å². The first-order valence-electron chi connectivity index (χ1n) is 6.31. The van der Waals surface area contributed by atoms with E-state index in [2.05, 4.69) is 5.32 Å². The van der Waals surface area contributed by atoms with Gasteiger partial charge < -0.3 is 5.32 Å². The minimum absolute atomic E-state index is 0.172. The second kappa shape index (κ2) is 7.35. The molecule has 0 radical (unpaired) electrons. The maximum Gasteiger partial charge on any atom is 0.223 e. The van der Waals surface area contributed by atoms with E-state index in [-0.39, 0.29) is 36.4 Å². The molecular formula is C13H19FN2O3S. The minimum atomic E-state index is -3.50. The number of carbonyl (C=O) groups excluding carboxylic acids is 1. The van der Waals surface area contributed by atoms with E-state index < -0.39 is 10.0 Å². The number of benzene rings is 1. The summed E-state index contributed by atoms with van der Waals surface area (Å²) in [5.74, 6) is -1.12. The van der Waals surface area contributed by atoms with E-state index in [4.69, 9.17) is 5.14 Å². The first kappa shape index (κ1) is 16.6. The van der Waals surface area contributed by atoms with Crippen LogP contribution in [0, 0.1) is 11.7 Å². The molecule has 0 aromatic heterocycles. The van der Waals surface area contributed by atoms with Crippen molar-refractivity contribution in [3.05, 3.63) is 35.6 Å². The van der Waals surface area contributed by atoms with E-state index >= 15 is 0 Å². The third-order valence-corrected chi connectivity index (χ3v) is 3.69. The normalized spacial score (nSPS) is 12.9. The van der Waals surface area contributed by atoms with E-state index in [9.17, 15) is 17.6 Å². The van der Waals surface area contributed by atoms with Crippen LogP contribution in [0.2, 0.25) is 0 Å². The molecule has 1 aromatic rings. The zero-order valence-electron chi connectivity index (χ0n) is 11.3. The fraction of sp³-hybridized carbons (Fsp3) is 0.462. The highest BCUT2D eigenvalue weighted by Crippen LogP contribution is 2.12. The Kier molecular flexibility index (Phi) is 6.09. The van der Waals surface area contributed by atoms with E-state index in [0.29, 0.717) is 12.0 Å². The lowest BCUT2D eigenvalue weighted by atomic mass is 10.00. The number of hydrogen-bond acceptors (Lipinski definition) is 3. The van der Waals surface area contributed by atoms with Gasteiger partial charge in [-0.25, -0.2) is 17.9 Å². The largest absolute Gasteiger partial charge is 0.356 e. The molecule has 0 saturated heterocycles. The van der Waals surface area contributed by atoms with Gasteiger partial charge in [0.1, 0.15) is 5.82 Å². The van der Waals surface area contributed by atoms with E-state index in [1.165, 1.54) is 6.07 Å². The van der Waals surface area contributed by atoms with Crippen molar-refractivity contribution in [2.45, 2.75) is 19.8 Å². The Morgan fingerprint density at radius 1 is 1.40 bits per heavy atom. The number of nitrogens with one attached hydrogen (secondary N) is 1. The van der Waals surface area contributed by atoms with Gasteiger partial charge in [-0.05, 0) is 24.5 Å². The number of primary sulfonamides is 1. The fourth-order valence-corrected chi connectivity index (χ4v) is 2.29. The lowest BCUT2D eigenvalue weighted by Gasteiger charge is -2.12. The third kappa shape index (κ3) is 6.12. The molecule has 0 bridgehead atoms. The average molecular weight is 302 g/mol. The standard InChI is InChI=1S/C13H19FN2O3S/c1-10(9-11-5-2-3-6-12(11)14)13(17)16-7-4-8-20(15,18)19/h2-3,5-6,10H,4,7-9H2,1H3,(H,16,17)(H2,15,18,19)/t10-/m0/s1. The molecule has 0 fully saturated rings. The van der Waals surface area contributed by atoms with Crippen molar-refractivity contribution in [1.82, 2.24) is 5.32 Å². The summed E-state index contributed by atoms with van der Waals surface area (Å²) in [5, 5.41) is 7.46. The summed E-state index contributed by atoms with van der Waals surface area (Å²) >= 11 is 0. The van der Waals surface area contributed by atoms with Crippen molar-refractivity contribution < 1.29 is 17.6 Å². The number of nitrogens with two attached hydrogens (primary N) is 1. The first-order valence-corrected chi connectivity index (χ1v) is 8.02. The van der Waals surface area contributed by atoms with Crippen LogP contribution < -0.4 is 10.5 Å². The molecule has 20 heavy (non-hydrogen) atoms. The maximum absolute atomic E-state index is 13.4. The quantitative estimate of drug-likeness (QED) is 0.730. The van der Waals surface area contributed by atoms with Crippen molar-refractivity contribution in [2.75, 3.05) is 12.3 Å². The molecule has 0 aliphatic carbocycles. The smallest absolute Gasteiger partial charge is 0.223 e. The van der Waals surface area contributed by atoms with Gasteiger partial charge in [-0.1, -0.05) is 25.1 Å². The monoisotopic (exact) mass is 302 g/mol. The van der Waals surface area contributed by atoms with Crippen LogP contribution >= 0.6 is 0 Å². The van der Waals surface area contributed by atoms with Crippen LogP contribution in [0.25, 0.3) is 0 Å². The van der Waals surface area contributed by atoms with Gasteiger partial charge in [-0.2, -0.15) is 0 Å². The van der Waals surface area contributed by atoms with Crippen LogP contribution in [0.5, 0.6) is 0 Å². The highest BCUT2D eigenvalue weighted by molar-refractivity contribution is 7.89. The Morgan fingerprint density at radius 2 is 2.05 bits per heavy atom. The van der Waals surface area contributed by atoms with Crippen molar-refractivity contribution >= 4 is 15.9 Å². The van der Waals surface area contributed by atoms with Crippen molar-refractivity contribution in [1.29, 1.82) is 0 Å². The number of rotatable bonds is 7. The van der Waals surface area contributed by atoms with Gasteiger partial charge in [0.25, 0.3) is 0 Å². The first-order chi connectivity index (χ1) is 9.29. The molecule has 5 nitrogen and oxygen atoms in total. The summed E-state index contributed by atoms with van der Waals surface area (Å²) in [4.78, 5) is 11.8. The Bertz CT molecular complexity index is 560. The van der Waals surface area contributed by atoms with Crippen molar-refractivity contribution in [3.63, 3.8) is 0 Å². The highest BCUT2D eigenvalue weighted by Gasteiger charge is 2.15. The SMILES string of the molecule is C[C@@H](Cc1ccccc1F)C(=O)NCCCS(N)(=O)=O. The van der Waals surface area contributed by atoms with Gasteiger partial charge >= 0.3 is 0 Å². The third-order valence-electron chi connectivity index (χ3n) is 2.84. The van der Waals surface area contributed by atoms with E-state index in [0.717, 1.165) is 0 Å². The molecule has 112 valence electrons. The van der Waals surface area contributed by atoms with Gasteiger partial charge in [-0.3, -0.25) is 4.79 Å². The molecule has 0 spiro atoms. The number of halogens is 1. The summed E-state index contributed by atoms with van der Waals surface area (Å²) in [6.45, 7) is 1.93. The molecule has 1 amide bonds. The van der Waals surface area contributed by atoms with Crippen LogP contribution in [0.15, 0.2) is 24.3 Å². The van der Waals surface area contributed by atoms with Crippen LogP contribution in [0.1, 0.15) is 18.9 Å². The molecule has 1 rings (SSSR count). The molecule has 3 N–H and O–H groups in total. The second-order valence-electron chi connectivity index (χ2n) is 4.71. The average Bonchev–Trinajstić information content (AvgIpc) is 2.36. The summed E-state index contributed by atoms with van der Waals surface area (Å²) in [6.07, 6.45) is 0.560. The van der Waals surface area contributed by atoms with Crippen LogP contribution in [0.3, 0.4) is 0 Å². The molecule has 0 aliphatic rings. The second-order valence-corrected chi connectivity index (χ2v) is 6.44. The van der Waals surface area contributed by atoms with E-state index in [1.54, 1.807) is 25.1 Å². The zero-order valence-corrected chi connectivity index (χ0v) is 12.1. The van der Waals surface area contributed by atoms with Gasteiger partial charge in [0.05, 0.1) is 5.75 Å². The number of hydrogen-bond donors (Lipinski definition) is 2. The highest BCUT2D eigenvalue weighted by atomic mass is 32.2. The van der Waals surface area contributed by atoms with Gasteiger partial charge in [0, 0.05) is 12.5 Å². The lowest BCUT2D eigenvalue weighted by Crippen LogP contribution is -2.32. The molecule has 1 atom stereocenters. The minimum Gasteiger partial charge on any atom is -0.356 e. The summed E-state index contributed by atoms with van der Waals surface area (Å²) in [7, 11) is -3.50. The molecule has 0 unspecified atom stereocenters. The van der Waals surface area contributed by atoms with E-state index in [1.807, 2.05) is 0 Å². The molecular weight excluding hydrogens is 283 g/mol. The Morgan fingerprint density at radius 3 is 2.65 bits per heavy atom. The number of carbonyl (C=O) groups is 1. The van der Waals surface area contributed by atoms with Gasteiger partial charge in [0.2, 0.25) is 15.9 Å². The van der Waals surface area contributed by atoms with Crippen LogP contribution in [-0.4, -0.2) is 26.6 Å². The Labute approximate surface area is 118 Å². The topological polar surface area (TPSA) is 89.3 Å². The van der Waals surface area contributed by atoms with Gasteiger partial charge in [0.15, 0.2) is 0 Å². The predicted octanol–water partition coefficient (Wildman–Crippen LogP) is 0.799. The predicted molar refractivity (Wildman–Crippen MR) is 74.9 cm³/mol. The van der Waals surface area contributed by atoms with Gasteiger partial charge in [-0.15, -0.1) is 0 Å². The molecule has 7 heteroatoms.